The van der Waals surface area contributed by atoms with E-state index in [4.69, 9.17) is 5.73 Å². The van der Waals surface area contributed by atoms with Crippen LogP contribution in [-0.2, 0) is 4.79 Å². The molecule has 26 heavy (non-hydrogen) atoms. The van der Waals surface area contributed by atoms with Crippen LogP contribution in [0.2, 0.25) is 0 Å². The van der Waals surface area contributed by atoms with Gasteiger partial charge in [0.25, 0.3) is 0 Å². The summed E-state index contributed by atoms with van der Waals surface area (Å²) in [6.45, 7) is 8.23. The number of aliphatic hydroxyl groups is 2. The molecule has 2 aliphatic carbocycles. The summed E-state index contributed by atoms with van der Waals surface area (Å²) in [5.41, 5.74) is 4.33. The number of ketones is 1. The molecule has 146 valence electrons. The number of carbonyl (C=O) groups excluding carboxylic acids is 2. The van der Waals surface area contributed by atoms with Crippen molar-refractivity contribution in [1.82, 2.24) is 5.32 Å². The highest BCUT2D eigenvalue weighted by Gasteiger charge is 2.57. The second-order valence-electron chi connectivity index (χ2n) is 8.16. The number of aliphatic hydroxyl groups excluding tert-OH is 2. The molecule has 0 spiro atoms. The maximum absolute atomic E-state index is 13.3. The number of hydrogen-bond acceptors (Lipinski definition) is 4. The van der Waals surface area contributed by atoms with E-state index >= 15 is 0 Å². The van der Waals surface area contributed by atoms with E-state index in [1.807, 2.05) is 26.0 Å². The molecule has 0 heterocycles. The predicted octanol–water partition coefficient (Wildman–Crippen LogP) is 1.97. The van der Waals surface area contributed by atoms with E-state index in [-0.39, 0.29) is 35.4 Å². The van der Waals surface area contributed by atoms with E-state index in [1.54, 1.807) is 0 Å². The molecule has 0 saturated heterocycles. The van der Waals surface area contributed by atoms with Crippen LogP contribution in [0, 0.1) is 35.0 Å². The van der Waals surface area contributed by atoms with Gasteiger partial charge in [0.05, 0.1) is 12.2 Å². The molecule has 0 aliphatic heterocycles. The Morgan fingerprint density at radius 3 is 2.62 bits per heavy atom. The first-order chi connectivity index (χ1) is 12.1. The van der Waals surface area contributed by atoms with Crippen LogP contribution in [0.5, 0.6) is 0 Å². The van der Waals surface area contributed by atoms with Gasteiger partial charge in [0.15, 0.2) is 5.78 Å². The minimum Gasteiger partial charge on any atom is -0.390 e. The number of fused-ring (bicyclic) bond motifs is 1. The van der Waals surface area contributed by atoms with E-state index in [1.165, 1.54) is 12.3 Å². The average molecular weight is 364 g/mol. The highest BCUT2D eigenvalue weighted by Crippen LogP contribution is 2.55. The largest absolute Gasteiger partial charge is 0.390 e. The zero-order valence-electron chi connectivity index (χ0n) is 16.1. The standard InChI is InChI=1S/C20H32N2O4/c1-5-11(2)14-7-6-13-17(12(3)10-15(23)18(13)25)20(14,4)16(24)8-9-22-19(21)26/h6-9,11-15,17-18,23,25H,5,10H2,1-4H3,(H3,21,22,26)/b9-8+/t11-,12-,13-,14-,15-,17+,18+,20-/m1/s1. The molecule has 1 fully saturated rings. The number of nitrogens with one attached hydrogen (secondary N) is 1. The number of urea groups is 1. The van der Waals surface area contributed by atoms with Crippen molar-refractivity contribution in [2.75, 3.05) is 0 Å². The van der Waals surface area contributed by atoms with E-state index in [0.29, 0.717) is 6.42 Å². The highest BCUT2D eigenvalue weighted by molar-refractivity contribution is 5.96. The normalized spacial score (nSPS) is 40.8. The van der Waals surface area contributed by atoms with Crippen LogP contribution >= 0.6 is 0 Å². The molecular formula is C20H32N2O4. The highest BCUT2D eigenvalue weighted by atomic mass is 16.3. The number of hydrogen-bond donors (Lipinski definition) is 4. The van der Waals surface area contributed by atoms with Crippen molar-refractivity contribution in [3.8, 4) is 0 Å². The van der Waals surface area contributed by atoms with Gasteiger partial charge in [-0.25, -0.2) is 4.79 Å². The van der Waals surface area contributed by atoms with E-state index in [0.717, 1.165) is 6.42 Å². The Kier molecular flexibility index (Phi) is 6.29. The number of amides is 2. The Balaban J connectivity index is 2.47. The molecule has 0 bridgehead atoms. The average Bonchev–Trinajstić information content (AvgIpc) is 2.58. The summed E-state index contributed by atoms with van der Waals surface area (Å²) < 4.78 is 0. The summed E-state index contributed by atoms with van der Waals surface area (Å²) in [5.74, 6) is -0.0527. The summed E-state index contributed by atoms with van der Waals surface area (Å²) in [6.07, 6.45) is 6.44. The molecule has 6 heteroatoms. The van der Waals surface area contributed by atoms with Gasteiger partial charge in [-0.3, -0.25) is 4.79 Å². The van der Waals surface area contributed by atoms with Gasteiger partial charge in [-0.2, -0.15) is 0 Å². The molecule has 1 saturated carbocycles. The maximum Gasteiger partial charge on any atom is 0.316 e. The number of allylic oxidation sites excluding steroid dienone is 2. The van der Waals surface area contributed by atoms with Crippen molar-refractivity contribution < 1.29 is 19.8 Å². The van der Waals surface area contributed by atoms with E-state index < -0.39 is 23.7 Å². The zero-order valence-corrected chi connectivity index (χ0v) is 16.1. The van der Waals surface area contributed by atoms with Crippen molar-refractivity contribution in [2.45, 2.75) is 52.7 Å². The van der Waals surface area contributed by atoms with Gasteiger partial charge in [-0.05, 0) is 36.2 Å². The molecule has 0 aromatic heterocycles. The minimum absolute atomic E-state index is 0.0179. The molecule has 0 radical (unpaired) electrons. The lowest BCUT2D eigenvalue weighted by molar-refractivity contribution is -0.149. The lowest BCUT2D eigenvalue weighted by Gasteiger charge is -2.55. The summed E-state index contributed by atoms with van der Waals surface area (Å²) in [4.78, 5) is 24.2. The number of nitrogens with two attached hydrogens (primary N) is 1. The maximum atomic E-state index is 13.3. The molecule has 2 amide bonds. The molecule has 2 rings (SSSR count). The Morgan fingerprint density at radius 2 is 2.04 bits per heavy atom. The van der Waals surface area contributed by atoms with Crippen molar-refractivity contribution in [2.24, 2.45) is 40.7 Å². The molecule has 0 aromatic rings. The minimum atomic E-state index is -0.870. The second kappa shape index (κ2) is 7.92. The Hall–Kier alpha value is -1.66. The van der Waals surface area contributed by atoms with Crippen LogP contribution in [0.4, 0.5) is 4.79 Å². The molecule has 0 aromatic carbocycles. The van der Waals surface area contributed by atoms with Crippen LogP contribution in [0.15, 0.2) is 24.4 Å². The van der Waals surface area contributed by atoms with E-state index in [2.05, 4.69) is 19.2 Å². The van der Waals surface area contributed by atoms with Crippen LogP contribution in [0.3, 0.4) is 0 Å². The van der Waals surface area contributed by atoms with Crippen LogP contribution in [0.25, 0.3) is 0 Å². The fraction of sp³-hybridized carbons (Fsp3) is 0.700. The van der Waals surface area contributed by atoms with Gasteiger partial charge in [0.2, 0.25) is 0 Å². The first-order valence-electron chi connectivity index (χ1n) is 9.45. The topological polar surface area (TPSA) is 113 Å². The van der Waals surface area contributed by atoms with E-state index in [9.17, 15) is 19.8 Å². The van der Waals surface area contributed by atoms with Gasteiger partial charge >= 0.3 is 6.03 Å². The molecule has 0 unspecified atom stereocenters. The second-order valence-corrected chi connectivity index (χ2v) is 8.16. The fourth-order valence-corrected chi connectivity index (χ4v) is 5.15. The third kappa shape index (κ3) is 3.58. The number of primary amides is 1. The van der Waals surface area contributed by atoms with Crippen LogP contribution in [-0.4, -0.2) is 34.2 Å². The van der Waals surface area contributed by atoms with Crippen molar-refractivity contribution in [3.05, 3.63) is 24.4 Å². The van der Waals surface area contributed by atoms with Gasteiger partial charge in [-0.15, -0.1) is 0 Å². The molecule has 6 nitrogen and oxygen atoms in total. The lowest BCUT2D eigenvalue weighted by Crippen LogP contribution is -2.57. The summed E-state index contributed by atoms with van der Waals surface area (Å²) in [6, 6.07) is -0.719. The first-order valence-corrected chi connectivity index (χ1v) is 9.45. The zero-order chi connectivity index (χ0) is 19.6. The van der Waals surface area contributed by atoms with Crippen molar-refractivity contribution >= 4 is 11.8 Å². The SMILES string of the molecule is CC[C@@H](C)[C@H]1C=C[C@H]2[C@H](O)[C@H](O)C[C@@H](C)[C@@H]2[C@@]1(C)C(=O)/C=C/NC(N)=O. The third-order valence-corrected chi connectivity index (χ3v) is 6.60. The van der Waals surface area contributed by atoms with Gasteiger partial charge in [0, 0.05) is 17.5 Å². The summed E-state index contributed by atoms with van der Waals surface area (Å²) in [5, 5.41) is 23.0. The third-order valence-electron chi connectivity index (χ3n) is 6.60. The Labute approximate surface area is 155 Å². The van der Waals surface area contributed by atoms with Gasteiger partial charge in [-0.1, -0.05) is 46.3 Å². The van der Waals surface area contributed by atoms with Gasteiger partial charge < -0.3 is 21.3 Å². The monoisotopic (exact) mass is 364 g/mol. The molecule has 2 aliphatic rings. The van der Waals surface area contributed by atoms with Crippen LogP contribution < -0.4 is 11.1 Å². The molecular weight excluding hydrogens is 332 g/mol. The number of carbonyl (C=O) groups is 2. The molecule has 8 atom stereocenters. The lowest BCUT2D eigenvalue weighted by atomic mass is 9.49. The van der Waals surface area contributed by atoms with Crippen molar-refractivity contribution in [1.29, 1.82) is 0 Å². The quantitative estimate of drug-likeness (QED) is 0.441. The molecule has 5 N–H and O–H groups in total. The van der Waals surface area contributed by atoms with Gasteiger partial charge in [0.1, 0.15) is 0 Å². The van der Waals surface area contributed by atoms with Crippen molar-refractivity contribution in [3.63, 3.8) is 0 Å². The predicted molar refractivity (Wildman–Crippen MR) is 99.8 cm³/mol. The number of rotatable bonds is 5. The summed E-state index contributed by atoms with van der Waals surface area (Å²) >= 11 is 0. The Morgan fingerprint density at radius 1 is 1.38 bits per heavy atom. The fourth-order valence-electron chi connectivity index (χ4n) is 5.15. The first kappa shape index (κ1) is 20.6. The summed E-state index contributed by atoms with van der Waals surface area (Å²) in [7, 11) is 0. The van der Waals surface area contributed by atoms with Crippen LogP contribution in [0.1, 0.15) is 40.5 Å². The Bertz CT molecular complexity index is 603. The smallest absolute Gasteiger partial charge is 0.316 e.